The topological polar surface area (TPSA) is 76.9 Å². The molecule has 0 spiro atoms. The van der Waals surface area contributed by atoms with Gasteiger partial charge in [0.1, 0.15) is 6.61 Å². The number of anilines is 1. The molecule has 0 radical (unpaired) electrons. The third kappa shape index (κ3) is 4.20. The van der Waals surface area contributed by atoms with Gasteiger partial charge in [0.25, 0.3) is 5.69 Å². The van der Waals surface area contributed by atoms with Crippen molar-refractivity contribution in [3.8, 4) is 11.5 Å². The molecule has 0 saturated carbocycles. The summed E-state index contributed by atoms with van der Waals surface area (Å²) < 4.78 is 11.7. The summed E-state index contributed by atoms with van der Waals surface area (Å²) in [6.07, 6.45) is -0.138. The van der Waals surface area contributed by atoms with Gasteiger partial charge in [0.05, 0.1) is 11.5 Å². The second-order valence-corrected chi connectivity index (χ2v) is 6.16. The van der Waals surface area contributed by atoms with E-state index >= 15 is 0 Å². The Hall–Kier alpha value is -2.87. The summed E-state index contributed by atoms with van der Waals surface area (Å²) in [7, 11) is 0. The molecule has 3 rings (SSSR count). The van der Waals surface area contributed by atoms with Crippen molar-refractivity contribution < 1.29 is 14.4 Å². The molecule has 0 saturated heterocycles. The van der Waals surface area contributed by atoms with E-state index in [1.165, 1.54) is 12.1 Å². The predicted octanol–water partition coefficient (Wildman–Crippen LogP) is 3.45. The Balaban J connectivity index is 1.60. The normalized spacial score (nSPS) is 15.2. The van der Waals surface area contributed by atoms with Gasteiger partial charge >= 0.3 is 0 Å². The van der Waals surface area contributed by atoms with Crippen molar-refractivity contribution in [2.45, 2.75) is 13.0 Å². The van der Waals surface area contributed by atoms with Crippen molar-refractivity contribution in [1.82, 2.24) is 4.90 Å². The summed E-state index contributed by atoms with van der Waals surface area (Å²) >= 11 is 5.47. The first-order chi connectivity index (χ1) is 12.6. The summed E-state index contributed by atoms with van der Waals surface area (Å²) in [6.45, 7) is 3.72. The quantitative estimate of drug-likeness (QED) is 0.489. The zero-order valence-corrected chi connectivity index (χ0v) is 15.1. The third-order valence-electron chi connectivity index (χ3n) is 3.99. The standard InChI is InChI=1S/C18H19N3O4S/c1-2-20(11-15-12-24-16-5-3-4-6-17(16)25-15)18(26)19-13-7-9-14(10-8-13)21(22)23/h3-10,15H,2,11-12H2,1H3,(H,19,26)/t15-/m0/s1. The molecule has 1 atom stereocenters. The van der Waals surface area contributed by atoms with E-state index in [0.29, 0.717) is 30.5 Å². The second-order valence-electron chi connectivity index (χ2n) is 5.77. The van der Waals surface area contributed by atoms with Crippen molar-refractivity contribution >= 4 is 28.7 Å². The van der Waals surface area contributed by atoms with Crippen LogP contribution in [-0.2, 0) is 0 Å². The highest BCUT2D eigenvalue weighted by molar-refractivity contribution is 7.80. The van der Waals surface area contributed by atoms with Crippen molar-refractivity contribution in [1.29, 1.82) is 0 Å². The molecule has 0 amide bonds. The zero-order valence-electron chi connectivity index (χ0n) is 14.3. The molecule has 0 fully saturated rings. The molecule has 2 aromatic rings. The van der Waals surface area contributed by atoms with Gasteiger partial charge in [-0.25, -0.2) is 0 Å². The summed E-state index contributed by atoms with van der Waals surface area (Å²) in [5.74, 6) is 1.48. The number of hydrogen-bond donors (Lipinski definition) is 1. The number of rotatable bonds is 5. The van der Waals surface area contributed by atoms with Gasteiger partial charge in [0.2, 0.25) is 0 Å². The Kier molecular flexibility index (Phi) is 5.52. The number of nitrogens with one attached hydrogen (secondary N) is 1. The summed E-state index contributed by atoms with van der Waals surface area (Å²) in [6, 6.07) is 13.7. The van der Waals surface area contributed by atoms with Crippen LogP contribution in [0, 0.1) is 10.1 Å². The van der Waals surface area contributed by atoms with Crippen LogP contribution >= 0.6 is 12.2 Å². The first-order valence-corrected chi connectivity index (χ1v) is 8.66. The number of benzene rings is 2. The largest absolute Gasteiger partial charge is 0.486 e. The molecule has 8 heteroatoms. The molecule has 1 heterocycles. The third-order valence-corrected chi connectivity index (χ3v) is 4.35. The summed E-state index contributed by atoms with van der Waals surface area (Å²) in [5.41, 5.74) is 0.741. The maximum Gasteiger partial charge on any atom is 0.269 e. The highest BCUT2D eigenvalue weighted by atomic mass is 32.1. The van der Waals surface area contributed by atoms with E-state index in [0.717, 1.165) is 11.5 Å². The van der Waals surface area contributed by atoms with Crippen LogP contribution in [0.2, 0.25) is 0 Å². The van der Waals surface area contributed by atoms with Gasteiger partial charge in [-0.1, -0.05) is 12.1 Å². The van der Waals surface area contributed by atoms with Crippen LogP contribution in [0.25, 0.3) is 0 Å². The Morgan fingerprint density at radius 1 is 1.27 bits per heavy atom. The lowest BCUT2D eigenvalue weighted by atomic mass is 10.2. The zero-order chi connectivity index (χ0) is 18.5. The molecule has 2 aromatic carbocycles. The van der Waals surface area contributed by atoms with Crippen molar-refractivity contribution in [2.75, 3.05) is 25.0 Å². The second kappa shape index (κ2) is 8.01. The molecule has 1 aliphatic heterocycles. The maximum atomic E-state index is 10.7. The summed E-state index contributed by atoms with van der Waals surface area (Å²) in [4.78, 5) is 12.3. The van der Waals surface area contributed by atoms with Crippen molar-refractivity contribution in [3.05, 3.63) is 58.6 Å². The van der Waals surface area contributed by atoms with Gasteiger partial charge in [0.15, 0.2) is 22.7 Å². The van der Waals surface area contributed by atoms with Crippen LogP contribution in [-0.4, -0.2) is 40.7 Å². The molecule has 0 bridgehead atoms. The van der Waals surface area contributed by atoms with Gasteiger partial charge in [-0.05, 0) is 43.4 Å². The van der Waals surface area contributed by atoms with Gasteiger partial charge in [-0.2, -0.15) is 0 Å². The molecule has 0 unspecified atom stereocenters. The SMILES string of the molecule is CCN(C[C@H]1COc2ccccc2O1)C(=S)Nc1ccc([N+](=O)[O-])cc1. The average Bonchev–Trinajstić information content (AvgIpc) is 2.66. The Bertz CT molecular complexity index is 797. The van der Waals surface area contributed by atoms with E-state index in [2.05, 4.69) is 5.32 Å². The smallest absolute Gasteiger partial charge is 0.269 e. The number of nitro benzene ring substituents is 1. The van der Waals surface area contributed by atoms with Gasteiger partial charge in [0, 0.05) is 24.4 Å². The highest BCUT2D eigenvalue weighted by Crippen LogP contribution is 2.31. The van der Waals surface area contributed by atoms with E-state index in [4.69, 9.17) is 21.7 Å². The fourth-order valence-electron chi connectivity index (χ4n) is 2.62. The van der Waals surface area contributed by atoms with Gasteiger partial charge in [-0.15, -0.1) is 0 Å². The number of para-hydroxylation sites is 2. The number of ether oxygens (including phenoxy) is 2. The maximum absolute atomic E-state index is 10.7. The summed E-state index contributed by atoms with van der Waals surface area (Å²) in [5, 5.41) is 14.4. The average molecular weight is 373 g/mol. The molecule has 1 aliphatic rings. The molecule has 7 nitrogen and oxygen atoms in total. The van der Waals surface area contributed by atoms with Crippen molar-refractivity contribution in [3.63, 3.8) is 0 Å². The van der Waals surface area contributed by atoms with Gasteiger partial charge in [-0.3, -0.25) is 10.1 Å². The minimum Gasteiger partial charge on any atom is -0.486 e. The van der Waals surface area contributed by atoms with Crippen LogP contribution in [0.15, 0.2) is 48.5 Å². The number of thiocarbonyl (C=S) groups is 1. The number of fused-ring (bicyclic) bond motifs is 1. The Morgan fingerprint density at radius 2 is 1.96 bits per heavy atom. The molecule has 0 aliphatic carbocycles. The Labute approximate surface area is 156 Å². The molecule has 1 N–H and O–H groups in total. The number of non-ortho nitro benzene ring substituents is 1. The Morgan fingerprint density at radius 3 is 2.62 bits per heavy atom. The first-order valence-electron chi connectivity index (χ1n) is 8.25. The number of nitrogens with zero attached hydrogens (tertiary/aromatic N) is 2. The number of nitro groups is 1. The minimum absolute atomic E-state index is 0.0419. The van der Waals surface area contributed by atoms with Crippen LogP contribution < -0.4 is 14.8 Å². The van der Waals surface area contributed by atoms with Crippen LogP contribution in [0.5, 0.6) is 11.5 Å². The van der Waals surface area contributed by atoms with E-state index in [-0.39, 0.29) is 11.8 Å². The predicted molar refractivity (Wildman–Crippen MR) is 103 cm³/mol. The van der Waals surface area contributed by atoms with Crippen LogP contribution in [0.4, 0.5) is 11.4 Å². The van der Waals surface area contributed by atoms with Crippen molar-refractivity contribution in [2.24, 2.45) is 0 Å². The molecular formula is C18H19N3O4S. The molecular weight excluding hydrogens is 354 g/mol. The van der Waals surface area contributed by atoms with Crippen LogP contribution in [0.3, 0.4) is 0 Å². The first kappa shape index (κ1) is 17.9. The lowest BCUT2D eigenvalue weighted by Gasteiger charge is -2.32. The fraction of sp³-hybridized carbons (Fsp3) is 0.278. The minimum atomic E-state index is -0.432. The highest BCUT2D eigenvalue weighted by Gasteiger charge is 2.23. The molecule has 26 heavy (non-hydrogen) atoms. The van der Waals surface area contributed by atoms with E-state index in [1.54, 1.807) is 12.1 Å². The van der Waals surface area contributed by atoms with Gasteiger partial charge < -0.3 is 19.7 Å². The van der Waals surface area contributed by atoms with Crippen LogP contribution in [0.1, 0.15) is 6.92 Å². The molecule has 136 valence electrons. The lowest BCUT2D eigenvalue weighted by Crippen LogP contribution is -2.45. The van der Waals surface area contributed by atoms with E-state index in [1.807, 2.05) is 36.1 Å². The number of likely N-dealkylation sites (N-methyl/N-ethyl adjacent to an activating group) is 1. The fourth-order valence-corrected chi connectivity index (χ4v) is 2.94. The molecule has 0 aromatic heterocycles. The monoisotopic (exact) mass is 373 g/mol. The lowest BCUT2D eigenvalue weighted by molar-refractivity contribution is -0.384. The number of hydrogen-bond acceptors (Lipinski definition) is 5. The van der Waals surface area contributed by atoms with E-state index in [9.17, 15) is 10.1 Å². The van der Waals surface area contributed by atoms with E-state index < -0.39 is 4.92 Å².